The van der Waals surface area contributed by atoms with Gasteiger partial charge in [0, 0.05) is 18.7 Å². The largest absolute Gasteiger partial charge is 0.466 e. The molecule has 0 aliphatic rings. The predicted octanol–water partition coefficient (Wildman–Crippen LogP) is 3.26. The van der Waals surface area contributed by atoms with Crippen molar-refractivity contribution < 1.29 is 9.53 Å². The number of esters is 1. The van der Waals surface area contributed by atoms with Gasteiger partial charge in [-0.1, -0.05) is 48.5 Å². The number of hydrogen-bond donors (Lipinski definition) is 0. The Morgan fingerprint density at radius 3 is 2.18 bits per heavy atom. The number of allylic oxidation sites excluding steroid dienone is 1. The molecule has 0 unspecified atom stereocenters. The van der Waals surface area contributed by atoms with Crippen LogP contribution < -0.4 is 5.01 Å². The number of carbonyl (C=O) groups is 1. The van der Waals surface area contributed by atoms with Gasteiger partial charge in [0.05, 0.1) is 18.5 Å². The number of ether oxygens (including phenoxy) is 1. The average molecular weight is 294 g/mol. The molecule has 0 radical (unpaired) electrons. The van der Waals surface area contributed by atoms with Gasteiger partial charge < -0.3 is 4.74 Å². The van der Waals surface area contributed by atoms with Crippen molar-refractivity contribution in [3.8, 4) is 0 Å². The summed E-state index contributed by atoms with van der Waals surface area (Å²) < 4.78 is 4.63. The molecule has 2 rings (SSSR count). The lowest BCUT2D eigenvalue weighted by atomic mass is 10.1. The molecule has 4 heteroatoms. The summed E-state index contributed by atoms with van der Waals surface area (Å²) in [4.78, 5) is 11.3. The van der Waals surface area contributed by atoms with Gasteiger partial charge in [0.1, 0.15) is 0 Å². The standard InChI is InChI=1S/C18H18N2O2/c1-20(16-11-7-4-8-12-16)19-17(13-14-18(21)22-2)15-9-5-3-6-10-15/h3-14H,1-2H3/b14-13+,19-17?. The summed E-state index contributed by atoms with van der Waals surface area (Å²) in [7, 11) is 3.21. The minimum Gasteiger partial charge on any atom is -0.466 e. The highest BCUT2D eigenvalue weighted by molar-refractivity contribution is 6.11. The minimum absolute atomic E-state index is 0.411. The summed E-state index contributed by atoms with van der Waals surface area (Å²) in [5.74, 6) is -0.411. The van der Waals surface area contributed by atoms with E-state index in [0.717, 1.165) is 11.3 Å². The molecule has 4 nitrogen and oxygen atoms in total. The van der Waals surface area contributed by atoms with Crippen molar-refractivity contribution in [1.82, 2.24) is 0 Å². The van der Waals surface area contributed by atoms with E-state index in [1.54, 1.807) is 11.1 Å². The minimum atomic E-state index is -0.411. The van der Waals surface area contributed by atoms with Crippen LogP contribution in [0.25, 0.3) is 0 Å². The Kier molecular flexibility index (Phi) is 5.49. The monoisotopic (exact) mass is 294 g/mol. The molecule has 0 spiro atoms. The highest BCUT2D eigenvalue weighted by atomic mass is 16.5. The number of para-hydroxylation sites is 1. The number of benzene rings is 2. The first-order chi connectivity index (χ1) is 10.7. The SMILES string of the molecule is COC(=O)/C=C/C(=NN(C)c1ccccc1)c1ccccc1. The molecule has 0 saturated heterocycles. The van der Waals surface area contributed by atoms with Gasteiger partial charge in [-0.2, -0.15) is 5.10 Å². The fraction of sp³-hybridized carbons (Fsp3) is 0.111. The third-order valence-corrected chi connectivity index (χ3v) is 3.04. The second-order valence-electron chi connectivity index (χ2n) is 4.57. The van der Waals surface area contributed by atoms with Crippen LogP contribution in [-0.4, -0.2) is 25.8 Å². The van der Waals surface area contributed by atoms with E-state index in [1.807, 2.05) is 67.7 Å². The molecular weight excluding hydrogens is 276 g/mol. The first-order valence-electron chi connectivity index (χ1n) is 6.89. The van der Waals surface area contributed by atoms with E-state index in [9.17, 15) is 4.79 Å². The number of methoxy groups -OCH3 is 1. The fourth-order valence-electron chi connectivity index (χ4n) is 1.87. The number of hydrogen-bond acceptors (Lipinski definition) is 4. The van der Waals surface area contributed by atoms with Gasteiger partial charge in [-0.15, -0.1) is 0 Å². The van der Waals surface area contributed by atoms with Gasteiger partial charge in [-0.3, -0.25) is 5.01 Å². The smallest absolute Gasteiger partial charge is 0.330 e. The number of carbonyl (C=O) groups excluding carboxylic acids is 1. The Morgan fingerprint density at radius 2 is 1.59 bits per heavy atom. The van der Waals surface area contributed by atoms with Crippen molar-refractivity contribution in [3.63, 3.8) is 0 Å². The van der Waals surface area contributed by atoms with Gasteiger partial charge in [-0.05, 0) is 18.2 Å². The Labute approximate surface area is 130 Å². The van der Waals surface area contributed by atoms with Crippen LogP contribution in [0.2, 0.25) is 0 Å². The van der Waals surface area contributed by atoms with Crippen LogP contribution in [-0.2, 0) is 9.53 Å². The number of rotatable bonds is 5. The van der Waals surface area contributed by atoms with Crippen LogP contribution in [0.4, 0.5) is 5.69 Å². The molecule has 22 heavy (non-hydrogen) atoms. The van der Waals surface area contributed by atoms with Crippen molar-refractivity contribution in [2.75, 3.05) is 19.2 Å². The van der Waals surface area contributed by atoms with Crippen LogP contribution >= 0.6 is 0 Å². The molecule has 2 aromatic carbocycles. The van der Waals surface area contributed by atoms with Crippen LogP contribution in [0.15, 0.2) is 77.9 Å². The average Bonchev–Trinajstić information content (AvgIpc) is 2.59. The Balaban J connectivity index is 2.33. The third kappa shape index (κ3) is 4.31. The first kappa shape index (κ1) is 15.5. The van der Waals surface area contributed by atoms with E-state index in [2.05, 4.69) is 9.84 Å². The molecule has 0 fully saturated rings. The molecule has 0 aliphatic heterocycles. The van der Waals surface area contributed by atoms with Crippen LogP contribution in [0.5, 0.6) is 0 Å². The lowest BCUT2D eigenvalue weighted by Gasteiger charge is -2.14. The van der Waals surface area contributed by atoms with E-state index < -0.39 is 5.97 Å². The quantitative estimate of drug-likeness (QED) is 0.368. The van der Waals surface area contributed by atoms with Crippen molar-refractivity contribution in [2.24, 2.45) is 5.10 Å². The summed E-state index contributed by atoms with van der Waals surface area (Å²) in [6.45, 7) is 0. The van der Waals surface area contributed by atoms with Crippen molar-refractivity contribution in [1.29, 1.82) is 0 Å². The van der Waals surface area contributed by atoms with Gasteiger partial charge in [0.25, 0.3) is 0 Å². The van der Waals surface area contributed by atoms with E-state index in [0.29, 0.717) is 5.71 Å². The molecule has 0 bridgehead atoms. The molecule has 2 aromatic rings. The third-order valence-electron chi connectivity index (χ3n) is 3.04. The van der Waals surface area contributed by atoms with E-state index in [-0.39, 0.29) is 0 Å². The van der Waals surface area contributed by atoms with E-state index in [1.165, 1.54) is 13.2 Å². The normalized spacial score (nSPS) is 11.5. The Morgan fingerprint density at radius 1 is 1.00 bits per heavy atom. The van der Waals surface area contributed by atoms with E-state index in [4.69, 9.17) is 0 Å². The number of anilines is 1. The second kappa shape index (κ2) is 7.78. The zero-order valence-corrected chi connectivity index (χ0v) is 12.6. The first-order valence-corrected chi connectivity index (χ1v) is 6.89. The molecule has 0 aromatic heterocycles. The maximum absolute atomic E-state index is 11.3. The molecule has 112 valence electrons. The molecule has 0 amide bonds. The van der Waals surface area contributed by atoms with E-state index >= 15 is 0 Å². The zero-order chi connectivity index (χ0) is 15.8. The fourth-order valence-corrected chi connectivity index (χ4v) is 1.87. The molecule has 0 N–H and O–H groups in total. The topological polar surface area (TPSA) is 41.9 Å². The molecule has 0 saturated carbocycles. The van der Waals surface area contributed by atoms with Crippen LogP contribution in [0.3, 0.4) is 0 Å². The molecule has 0 heterocycles. The van der Waals surface area contributed by atoms with Crippen molar-refractivity contribution >= 4 is 17.4 Å². The molecule has 0 atom stereocenters. The molecule has 0 aliphatic carbocycles. The number of hydrazone groups is 1. The van der Waals surface area contributed by atoms with Gasteiger partial charge in [0.15, 0.2) is 0 Å². The molecular formula is C18H18N2O2. The second-order valence-corrected chi connectivity index (χ2v) is 4.57. The summed E-state index contributed by atoms with van der Waals surface area (Å²) in [5, 5.41) is 6.35. The van der Waals surface area contributed by atoms with Crippen molar-refractivity contribution in [2.45, 2.75) is 0 Å². The van der Waals surface area contributed by atoms with Gasteiger partial charge >= 0.3 is 5.97 Å². The lowest BCUT2D eigenvalue weighted by Crippen LogP contribution is -2.13. The number of nitrogens with zero attached hydrogens (tertiary/aromatic N) is 2. The maximum Gasteiger partial charge on any atom is 0.330 e. The van der Waals surface area contributed by atoms with Crippen molar-refractivity contribution in [3.05, 3.63) is 78.4 Å². The predicted molar refractivity (Wildman–Crippen MR) is 89.0 cm³/mol. The summed E-state index contributed by atoms with van der Waals surface area (Å²) in [6.07, 6.45) is 3.02. The summed E-state index contributed by atoms with van der Waals surface area (Å²) in [5.41, 5.74) is 2.56. The Hall–Kier alpha value is -2.88. The zero-order valence-electron chi connectivity index (χ0n) is 12.6. The highest BCUT2D eigenvalue weighted by Crippen LogP contribution is 2.13. The van der Waals surface area contributed by atoms with Crippen LogP contribution in [0, 0.1) is 0 Å². The lowest BCUT2D eigenvalue weighted by molar-refractivity contribution is -0.134. The van der Waals surface area contributed by atoms with Crippen LogP contribution in [0.1, 0.15) is 5.56 Å². The summed E-state index contributed by atoms with van der Waals surface area (Å²) in [6, 6.07) is 19.5. The summed E-state index contributed by atoms with van der Waals surface area (Å²) >= 11 is 0. The Bertz CT molecular complexity index is 664. The van der Waals surface area contributed by atoms with Gasteiger partial charge in [-0.25, -0.2) is 4.79 Å². The van der Waals surface area contributed by atoms with Gasteiger partial charge in [0.2, 0.25) is 0 Å². The maximum atomic E-state index is 11.3. The highest BCUT2D eigenvalue weighted by Gasteiger charge is 2.04.